The number of aliphatic hydroxyl groups excluding tert-OH is 1. The second-order valence-corrected chi connectivity index (χ2v) is 23.7. The zero-order chi connectivity index (χ0) is 62.1. The molecule has 2 amide bonds. The number of aliphatic hydroxyl groups is 1. The van der Waals surface area contributed by atoms with Gasteiger partial charge in [0, 0.05) is 118 Å². The number of fused-ring (bicyclic) bond motifs is 2. The van der Waals surface area contributed by atoms with Crippen LogP contribution in [0.25, 0.3) is 21.8 Å². The van der Waals surface area contributed by atoms with E-state index in [1.807, 2.05) is 54.2 Å². The standard InChI is InChI=1S/C25H31N5O3.C25H29N5O3.C14H20ClN3O2.B.Na.H/c2*1-15-10-24(32)28-21-8-7-17(11-19(15)21)27-25(33)20-12-22(16(2)31)26-13-23(20)30-9-5-6-18(30)14-29(3)4;1-17(2)9-10-5-4-6-18(10)12-8-16-13(15)7-11(12)14(19)20-3;;;/h7-8,10-13,16,18,31H,5-6,9,14H2,1-4H3,(H,27,33)(H,28,32);7-8,10-13,18H,5-6,9,14H2,1-4H3,(H,27,33)(H,28,32);7-8,10H,4-6,9H2,1-3H3;;;/q;;;;+1;-1. The van der Waals surface area contributed by atoms with E-state index in [4.69, 9.17) is 16.3 Å². The number of carbonyl (C=O) groups excluding carboxylic acids is 4. The molecule has 88 heavy (non-hydrogen) atoms. The van der Waals surface area contributed by atoms with Crippen LogP contribution in [-0.4, -0.2) is 183 Å². The van der Waals surface area contributed by atoms with Crippen LogP contribution in [-0.2, 0) is 4.74 Å². The molecule has 4 atom stereocenters. The van der Waals surface area contributed by atoms with Gasteiger partial charge in [-0.25, -0.2) is 9.78 Å². The quantitative estimate of drug-likeness (QED) is 0.0367. The summed E-state index contributed by atoms with van der Waals surface area (Å²) in [6, 6.07) is 19.7. The van der Waals surface area contributed by atoms with Crippen molar-refractivity contribution in [3.05, 3.63) is 150 Å². The number of benzene rings is 2. The van der Waals surface area contributed by atoms with Crippen LogP contribution in [0, 0.1) is 13.8 Å². The molecule has 3 radical (unpaired) electrons. The van der Waals surface area contributed by atoms with Crippen molar-refractivity contribution in [1.29, 1.82) is 0 Å². The molecule has 3 aliphatic heterocycles. The molecule has 10 rings (SSSR count). The second kappa shape index (κ2) is 31.4. The molecule has 0 saturated carbocycles. The molecule has 5 N–H and O–H groups in total. The summed E-state index contributed by atoms with van der Waals surface area (Å²) in [4.78, 5) is 106. The minimum atomic E-state index is -0.776. The molecular formula is C64H81BClN13NaO8. The van der Waals surface area contributed by atoms with Gasteiger partial charge in [0.15, 0.2) is 5.78 Å². The number of likely N-dealkylation sites (N-methyl/N-ethyl adjacent to an activating group) is 3. The summed E-state index contributed by atoms with van der Waals surface area (Å²) in [5.41, 5.74) is 8.50. The SMILES string of the molecule is CC(=O)c1cc(C(=O)Nc2ccc3[nH]c(=O)cc(C)c3c2)c(N2CCCC2CN(C)C)cn1.COC(=O)c1cc(Cl)ncc1N1CCCC1CN(C)C.Cc1cc(=O)[nH]c2ccc(NC(=O)c3cc(C(C)O)ncc3N3CCCC3CN(C)C)cc12.[B].[H-].[Na+]. The first kappa shape index (κ1) is 70.1. The van der Waals surface area contributed by atoms with Crippen LogP contribution in [0.4, 0.5) is 28.4 Å². The summed E-state index contributed by atoms with van der Waals surface area (Å²) in [5, 5.41) is 18.1. The first-order valence-corrected chi connectivity index (χ1v) is 29.4. The van der Waals surface area contributed by atoms with E-state index < -0.39 is 6.10 Å². The van der Waals surface area contributed by atoms with Gasteiger partial charge in [0.1, 0.15) is 10.8 Å². The van der Waals surface area contributed by atoms with Gasteiger partial charge in [-0.1, -0.05) is 11.6 Å². The Bertz CT molecular complexity index is 3760. The minimum absolute atomic E-state index is 0. The predicted octanol–water partition coefficient (Wildman–Crippen LogP) is 5.07. The number of nitrogens with one attached hydrogen (secondary N) is 4. The number of anilines is 5. The van der Waals surface area contributed by atoms with Gasteiger partial charge >= 0.3 is 35.5 Å². The van der Waals surface area contributed by atoms with Crippen molar-refractivity contribution in [3.8, 4) is 0 Å². The average molecular weight is 1230 g/mol. The van der Waals surface area contributed by atoms with E-state index in [0.717, 1.165) is 122 Å². The molecule has 3 aliphatic rings. The summed E-state index contributed by atoms with van der Waals surface area (Å²) in [7, 11) is 13.7. The number of rotatable bonds is 16. The van der Waals surface area contributed by atoms with Crippen LogP contribution < -0.4 is 66.0 Å². The zero-order valence-corrected chi connectivity index (χ0v) is 55.4. The van der Waals surface area contributed by atoms with Crippen LogP contribution in [0.1, 0.15) is 118 Å². The third kappa shape index (κ3) is 17.4. The second-order valence-electron chi connectivity index (χ2n) is 23.3. The molecule has 461 valence electrons. The smallest absolute Gasteiger partial charge is 1.00 e. The Morgan fingerprint density at radius 3 is 1.47 bits per heavy atom. The monoisotopic (exact) mass is 1230 g/mol. The molecule has 3 saturated heterocycles. The minimum Gasteiger partial charge on any atom is -1.00 e. The fourth-order valence-electron chi connectivity index (χ4n) is 11.8. The van der Waals surface area contributed by atoms with Gasteiger partial charge in [0.25, 0.3) is 11.8 Å². The van der Waals surface area contributed by atoms with Gasteiger partial charge in [0.05, 0.1) is 71.3 Å². The molecule has 0 spiro atoms. The number of esters is 1. The Morgan fingerprint density at radius 1 is 0.648 bits per heavy atom. The summed E-state index contributed by atoms with van der Waals surface area (Å²) in [6.45, 7) is 12.1. The van der Waals surface area contributed by atoms with Crippen LogP contribution in [0.5, 0.6) is 0 Å². The van der Waals surface area contributed by atoms with E-state index in [0.29, 0.717) is 56.5 Å². The van der Waals surface area contributed by atoms with Crippen LogP contribution in [0.2, 0.25) is 5.15 Å². The molecule has 7 aromatic rings. The van der Waals surface area contributed by atoms with E-state index in [9.17, 15) is 33.9 Å². The number of aromatic nitrogens is 5. The Kier molecular flexibility index (Phi) is 25.0. The summed E-state index contributed by atoms with van der Waals surface area (Å²) >= 11 is 5.90. The van der Waals surface area contributed by atoms with Gasteiger partial charge in [-0.3, -0.25) is 33.9 Å². The Balaban J connectivity index is 0.000000246. The average Bonchev–Trinajstić information content (AvgIpc) is 2.20. The topological polar surface area (TPSA) is 246 Å². The Labute approximate surface area is 544 Å². The molecule has 21 nitrogen and oxygen atoms in total. The number of aromatic amines is 2. The number of Topliss-reactive ketones (excluding diaryl/α,β-unsaturated/α-hetero) is 1. The number of methoxy groups -OCH3 is 1. The van der Waals surface area contributed by atoms with Gasteiger partial charge in [0.2, 0.25) is 11.1 Å². The number of pyridine rings is 5. The fourth-order valence-corrected chi connectivity index (χ4v) is 11.9. The van der Waals surface area contributed by atoms with Crippen LogP contribution >= 0.6 is 11.6 Å². The summed E-state index contributed by atoms with van der Waals surface area (Å²) < 4.78 is 4.85. The molecule has 4 unspecified atom stereocenters. The van der Waals surface area contributed by atoms with Gasteiger partial charge in [-0.2, -0.15) is 0 Å². The fraction of sp³-hybridized carbons (Fsp3) is 0.422. The van der Waals surface area contributed by atoms with Gasteiger partial charge in [-0.05, 0) is 167 Å². The number of carbonyl (C=O) groups is 4. The number of H-pyrrole nitrogens is 2. The van der Waals surface area contributed by atoms with Crippen molar-refractivity contribution in [2.75, 3.05) is 114 Å². The first-order chi connectivity index (χ1) is 41.0. The molecule has 24 heteroatoms. The normalized spacial score (nSPS) is 16.6. The van der Waals surface area contributed by atoms with Crippen molar-refractivity contribution in [2.45, 2.75) is 90.4 Å². The van der Waals surface area contributed by atoms with Crippen LogP contribution in [0.15, 0.2) is 94.9 Å². The molecule has 0 aliphatic carbocycles. The number of ketones is 1. The molecule has 0 bridgehead atoms. The maximum atomic E-state index is 13.5. The van der Waals surface area contributed by atoms with Gasteiger partial charge in [-0.15, -0.1) is 0 Å². The number of halogens is 1. The number of ether oxygens (including phenoxy) is 1. The predicted molar refractivity (Wildman–Crippen MR) is 348 cm³/mol. The first-order valence-electron chi connectivity index (χ1n) is 29.1. The summed E-state index contributed by atoms with van der Waals surface area (Å²) in [6.07, 6.45) is 10.7. The van der Waals surface area contributed by atoms with E-state index in [2.05, 4.69) is 79.0 Å². The summed E-state index contributed by atoms with van der Waals surface area (Å²) in [5.74, 6) is -1.12. The molecule has 5 aromatic heterocycles. The molecule has 2 aromatic carbocycles. The van der Waals surface area contributed by atoms with Crippen LogP contribution in [0.3, 0.4) is 0 Å². The maximum absolute atomic E-state index is 13.5. The molecule has 8 heterocycles. The molecule has 3 fully saturated rings. The largest absolute Gasteiger partial charge is 1.00 e. The third-order valence-electron chi connectivity index (χ3n) is 15.7. The van der Waals surface area contributed by atoms with Crippen molar-refractivity contribution in [1.82, 2.24) is 39.6 Å². The van der Waals surface area contributed by atoms with Crippen molar-refractivity contribution < 1.29 is 60.0 Å². The molecular weight excluding hydrogens is 1150 g/mol. The van der Waals surface area contributed by atoms with Gasteiger partial charge < -0.3 is 61.3 Å². The Hall–Kier alpha value is -7.02. The Morgan fingerprint density at radius 2 is 1.06 bits per heavy atom. The number of hydrogen-bond donors (Lipinski definition) is 5. The third-order valence-corrected chi connectivity index (χ3v) is 15.9. The van der Waals surface area contributed by atoms with E-state index in [-0.39, 0.29) is 85.8 Å². The maximum Gasteiger partial charge on any atom is 1.00 e. The van der Waals surface area contributed by atoms with E-state index >= 15 is 0 Å². The number of hydrogen-bond acceptors (Lipinski definition) is 17. The van der Waals surface area contributed by atoms with E-state index in [1.54, 1.807) is 74.0 Å². The van der Waals surface area contributed by atoms with Crippen molar-refractivity contribution in [3.63, 3.8) is 0 Å². The van der Waals surface area contributed by atoms with Crippen molar-refractivity contribution in [2.24, 2.45) is 0 Å². The van der Waals surface area contributed by atoms with E-state index in [1.165, 1.54) is 20.1 Å². The zero-order valence-electron chi connectivity index (χ0n) is 53.7. The number of nitrogens with zero attached hydrogens (tertiary/aromatic N) is 9. The van der Waals surface area contributed by atoms with Crippen molar-refractivity contribution >= 4 is 93.8 Å². The number of amides is 2. The number of aryl methyl sites for hydroxylation is 2.